The molecule has 0 aliphatic heterocycles. The normalized spacial score (nSPS) is 10.3. The van der Waals surface area contributed by atoms with Crippen molar-refractivity contribution in [2.45, 2.75) is 19.9 Å². The van der Waals surface area contributed by atoms with Crippen LogP contribution in [-0.4, -0.2) is 23.3 Å². The number of hydrogen-bond donors (Lipinski definition) is 2. The van der Waals surface area contributed by atoms with E-state index in [4.69, 9.17) is 4.74 Å². The Morgan fingerprint density at radius 1 is 1.00 bits per heavy atom. The van der Waals surface area contributed by atoms with Gasteiger partial charge in [0.2, 0.25) is 5.91 Å². The second-order valence-electron chi connectivity index (χ2n) is 7.10. The average Bonchev–Trinajstić information content (AvgIpc) is 2.80. The first kappa shape index (κ1) is 22.5. The van der Waals surface area contributed by atoms with E-state index < -0.39 is 4.92 Å². The number of hydrogen-bond acceptors (Lipinski definition) is 5. The van der Waals surface area contributed by atoms with Crippen molar-refractivity contribution in [1.82, 2.24) is 5.32 Å². The van der Waals surface area contributed by atoms with Gasteiger partial charge in [-0.1, -0.05) is 36.4 Å². The summed E-state index contributed by atoms with van der Waals surface area (Å²) in [6, 6.07) is 20.4. The number of amides is 2. The fraction of sp³-hybridized carbons (Fsp3) is 0.167. The standard InChI is InChI=1S/C24H23N3O5/c1-17-7-12-20(27(30)31)15-22(17)26-24(29)19-10-8-18(9-11-19)16-25-23(28)13-14-32-21-5-3-2-4-6-21/h2-12,15H,13-14,16H2,1H3,(H,25,28)(H,26,29). The minimum absolute atomic E-state index is 0.0915. The second kappa shape index (κ2) is 10.7. The number of carbonyl (C=O) groups excluding carboxylic acids is 2. The Labute approximate surface area is 185 Å². The van der Waals surface area contributed by atoms with Crippen molar-refractivity contribution in [2.24, 2.45) is 0 Å². The predicted molar refractivity (Wildman–Crippen MR) is 121 cm³/mol. The second-order valence-corrected chi connectivity index (χ2v) is 7.10. The van der Waals surface area contributed by atoms with E-state index in [0.717, 1.165) is 16.9 Å². The van der Waals surface area contributed by atoms with E-state index in [1.807, 2.05) is 30.3 Å². The Morgan fingerprint density at radius 3 is 2.41 bits per heavy atom. The van der Waals surface area contributed by atoms with Crippen LogP contribution >= 0.6 is 0 Å². The highest BCUT2D eigenvalue weighted by molar-refractivity contribution is 6.04. The fourth-order valence-electron chi connectivity index (χ4n) is 2.89. The van der Waals surface area contributed by atoms with Crippen molar-refractivity contribution in [3.63, 3.8) is 0 Å². The van der Waals surface area contributed by atoms with Gasteiger partial charge in [0.1, 0.15) is 5.75 Å². The van der Waals surface area contributed by atoms with E-state index >= 15 is 0 Å². The molecule has 0 fully saturated rings. The highest BCUT2D eigenvalue weighted by atomic mass is 16.6. The number of non-ortho nitro benzene ring substituents is 1. The van der Waals surface area contributed by atoms with Gasteiger partial charge in [-0.3, -0.25) is 19.7 Å². The molecular formula is C24H23N3O5. The first-order chi connectivity index (χ1) is 15.4. The molecule has 8 heteroatoms. The lowest BCUT2D eigenvalue weighted by Crippen LogP contribution is -2.24. The maximum atomic E-state index is 12.5. The van der Waals surface area contributed by atoms with E-state index in [2.05, 4.69) is 10.6 Å². The highest BCUT2D eigenvalue weighted by Crippen LogP contribution is 2.22. The molecule has 32 heavy (non-hydrogen) atoms. The molecule has 0 atom stereocenters. The summed E-state index contributed by atoms with van der Waals surface area (Å²) in [6.07, 6.45) is 0.234. The van der Waals surface area contributed by atoms with Crippen LogP contribution in [0.3, 0.4) is 0 Å². The number of nitrogens with one attached hydrogen (secondary N) is 2. The molecule has 0 aromatic heterocycles. The number of aryl methyl sites for hydroxylation is 1. The third kappa shape index (κ3) is 6.40. The summed E-state index contributed by atoms with van der Waals surface area (Å²) in [5, 5.41) is 16.5. The lowest BCUT2D eigenvalue weighted by Gasteiger charge is -2.10. The van der Waals surface area contributed by atoms with Crippen LogP contribution in [0.4, 0.5) is 11.4 Å². The molecule has 2 N–H and O–H groups in total. The van der Waals surface area contributed by atoms with Gasteiger partial charge in [-0.2, -0.15) is 0 Å². The van der Waals surface area contributed by atoms with Crippen LogP contribution < -0.4 is 15.4 Å². The number of para-hydroxylation sites is 1. The Morgan fingerprint density at radius 2 is 1.72 bits per heavy atom. The van der Waals surface area contributed by atoms with Gasteiger partial charge in [0.25, 0.3) is 11.6 Å². The number of carbonyl (C=O) groups is 2. The van der Waals surface area contributed by atoms with Gasteiger partial charge in [-0.05, 0) is 42.3 Å². The molecule has 3 aromatic rings. The van der Waals surface area contributed by atoms with Crippen LogP contribution in [-0.2, 0) is 11.3 Å². The molecule has 0 saturated heterocycles. The molecule has 3 aromatic carbocycles. The Balaban J connectivity index is 1.48. The van der Waals surface area contributed by atoms with Crippen LogP contribution in [0.25, 0.3) is 0 Å². The number of anilines is 1. The first-order valence-electron chi connectivity index (χ1n) is 10.0. The van der Waals surface area contributed by atoms with Crippen molar-refractivity contribution in [3.8, 4) is 5.75 Å². The summed E-state index contributed by atoms with van der Waals surface area (Å²) >= 11 is 0. The van der Waals surface area contributed by atoms with Crippen LogP contribution in [0.1, 0.15) is 27.9 Å². The Hall–Kier alpha value is -4.20. The maximum Gasteiger partial charge on any atom is 0.271 e. The molecule has 8 nitrogen and oxygen atoms in total. The molecule has 0 aliphatic rings. The lowest BCUT2D eigenvalue weighted by atomic mass is 10.1. The van der Waals surface area contributed by atoms with Crippen LogP contribution in [0.15, 0.2) is 72.8 Å². The van der Waals surface area contributed by atoms with Gasteiger partial charge >= 0.3 is 0 Å². The molecule has 0 aliphatic carbocycles. The molecule has 0 radical (unpaired) electrons. The van der Waals surface area contributed by atoms with Crippen molar-refractivity contribution >= 4 is 23.2 Å². The smallest absolute Gasteiger partial charge is 0.271 e. The van der Waals surface area contributed by atoms with Gasteiger partial charge in [0.05, 0.1) is 23.6 Å². The lowest BCUT2D eigenvalue weighted by molar-refractivity contribution is -0.384. The average molecular weight is 433 g/mol. The van der Waals surface area contributed by atoms with E-state index in [1.54, 1.807) is 37.3 Å². The first-order valence-corrected chi connectivity index (χ1v) is 10.0. The number of rotatable bonds is 9. The van der Waals surface area contributed by atoms with Crippen LogP contribution in [0, 0.1) is 17.0 Å². The summed E-state index contributed by atoms with van der Waals surface area (Å²) < 4.78 is 5.51. The van der Waals surface area contributed by atoms with Crippen molar-refractivity contribution in [2.75, 3.05) is 11.9 Å². The molecule has 0 bridgehead atoms. The van der Waals surface area contributed by atoms with E-state index in [-0.39, 0.29) is 30.5 Å². The quantitative estimate of drug-likeness (QED) is 0.387. The molecule has 0 unspecified atom stereocenters. The van der Waals surface area contributed by atoms with E-state index in [0.29, 0.717) is 17.8 Å². The Bertz CT molecular complexity index is 1100. The number of nitro benzene ring substituents is 1. The summed E-state index contributed by atoms with van der Waals surface area (Å²) in [5.41, 5.74) is 2.26. The van der Waals surface area contributed by atoms with Gasteiger partial charge in [0.15, 0.2) is 0 Å². The highest BCUT2D eigenvalue weighted by Gasteiger charge is 2.12. The summed E-state index contributed by atoms with van der Waals surface area (Å²) in [4.78, 5) is 34.9. The Kier molecular flexibility index (Phi) is 7.53. The van der Waals surface area contributed by atoms with Crippen LogP contribution in [0.5, 0.6) is 5.75 Å². The van der Waals surface area contributed by atoms with Gasteiger partial charge in [-0.15, -0.1) is 0 Å². The molecule has 164 valence electrons. The zero-order valence-corrected chi connectivity index (χ0v) is 17.5. The van der Waals surface area contributed by atoms with E-state index in [9.17, 15) is 19.7 Å². The molecule has 0 saturated carbocycles. The summed E-state index contributed by atoms with van der Waals surface area (Å²) in [5.74, 6) is 0.209. The van der Waals surface area contributed by atoms with Crippen molar-refractivity contribution in [3.05, 3.63) is 99.6 Å². The SMILES string of the molecule is Cc1ccc([N+](=O)[O-])cc1NC(=O)c1ccc(CNC(=O)CCOc2ccccc2)cc1. The zero-order valence-electron chi connectivity index (χ0n) is 17.5. The minimum Gasteiger partial charge on any atom is -0.493 e. The van der Waals surface area contributed by atoms with Crippen LogP contribution in [0.2, 0.25) is 0 Å². The fourth-order valence-corrected chi connectivity index (χ4v) is 2.89. The third-order valence-electron chi connectivity index (χ3n) is 4.73. The van der Waals surface area contributed by atoms with Gasteiger partial charge in [0, 0.05) is 24.2 Å². The van der Waals surface area contributed by atoms with E-state index in [1.165, 1.54) is 12.1 Å². The number of ether oxygens (including phenoxy) is 1. The van der Waals surface area contributed by atoms with Gasteiger partial charge < -0.3 is 15.4 Å². The predicted octanol–water partition coefficient (Wildman–Crippen LogP) is 4.24. The molecule has 0 spiro atoms. The number of nitro groups is 1. The minimum atomic E-state index is -0.508. The molecule has 3 rings (SSSR count). The molecule has 0 heterocycles. The van der Waals surface area contributed by atoms with Gasteiger partial charge in [-0.25, -0.2) is 0 Å². The molecule has 2 amide bonds. The topological polar surface area (TPSA) is 111 Å². The van der Waals surface area contributed by atoms with Crippen molar-refractivity contribution < 1.29 is 19.2 Å². The van der Waals surface area contributed by atoms with Crippen molar-refractivity contribution in [1.29, 1.82) is 0 Å². The maximum absolute atomic E-state index is 12.5. The monoisotopic (exact) mass is 433 g/mol. The summed E-state index contributed by atoms with van der Waals surface area (Å²) in [7, 11) is 0. The number of benzene rings is 3. The summed E-state index contributed by atoms with van der Waals surface area (Å²) in [6.45, 7) is 2.37. The molecular weight excluding hydrogens is 410 g/mol. The third-order valence-corrected chi connectivity index (χ3v) is 4.73. The largest absolute Gasteiger partial charge is 0.493 e. The zero-order chi connectivity index (χ0) is 22.9. The number of nitrogens with zero attached hydrogens (tertiary/aromatic N) is 1.